The van der Waals surface area contributed by atoms with Crippen molar-refractivity contribution in [1.29, 1.82) is 0 Å². The Morgan fingerprint density at radius 2 is 1.85 bits per heavy atom. The first-order valence-electron chi connectivity index (χ1n) is 8.99. The van der Waals surface area contributed by atoms with Crippen molar-refractivity contribution >= 4 is 17.5 Å². The van der Waals surface area contributed by atoms with E-state index in [0.717, 1.165) is 37.7 Å². The molecule has 0 unspecified atom stereocenters. The largest absolute Gasteiger partial charge is 0.472 e. The van der Waals surface area contributed by atoms with E-state index < -0.39 is 5.41 Å². The van der Waals surface area contributed by atoms with Gasteiger partial charge in [0, 0.05) is 12.2 Å². The Labute approximate surface area is 153 Å². The maximum absolute atomic E-state index is 12.9. The first kappa shape index (κ1) is 18.0. The van der Waals surface area contributed by atoms with E-state index in [9.17, 15) is 9.59 Å². The molecule has 0 radical (unpaired) electrons. The molecule has 1 aliphatic carbocycles. The molecular weight excluding hydrogens is 328 g/mol. The zero-order valence-corrected chi connectivity index (χ0v) is 14.8. The molecule has 136 valence electrons. The molecule has 2 N–H and O–H groups in total. The van der Waals surface area contributed by atoms with Crippen LogP contribution in [0.25, 0.3) is 0 Å². The summed E-state index contributed by atoms with van der Waals surface area (Å²) in [6.45, 7) is 4.14. The molecule has 3 rings (SSSR count). The number of anilines is 1. The second kappa shape index (κ2) is 8.04. The van der Waals surface area contributed by atoms with Gasteiger partial charge in [-0.05, 0) is 36.6 Å². The highest BCUT2D eigenvalue weighted by molar-refractivity contribution is 6.04. The van der Waals surface area contributed by atoms with Crippen LogP contribution in [0.15, 0.2) is 59.9 Å². The molecule has 5 nitrogen and oxygen atoms in total. The quantitative estimate of drug-likeness (QED) is 0.771. The molecule has 0 bridgehead atoms. The smallest absolute Gasteiger partial charge is 0.258 e. The van der Waals surface area contributed by atoms with Crippen molar-refractivity contribution in [3.05, 3.63) is 66.6 Å². The Morgan fingerprint density at radius 1 is 1.12 bits per heavy atom. The van der Waals surface area contributed by atoms with Crippen LogP contribution in [-0.4, -0.2) is 18.4 Å². The highest BCUT2D eigenvalue weighted by Gasteiger charge is 2.40. The van der Waals surface area contributed by atoms with Gasteiger partial charge in [-0.25, -0.2) is 0 Å². The van der Waals surface area contributed by atoms with Crippen LogP contribution in [0.1, 0.15) is 48.0 Å². The van der Waals surface area contributed by atoms with E-state index >= 15 is 0 Å². The Morgan fingerprint density at radius 3 is 2.46 bits per heavy atom. The summed E-state index contributed by atoms with van der Waals surface area (Å²) in [6.07, 6.45) is 9.50. The third-order valence-corrected chi connectivity index (χ3v) is 5.03. The van der Waals surface area contributed by atoms with Crippen LogP contribution in [0, 0.1) is 0 Å². The standard InChI is InChI=1S/C21H24N2O3/c1-2-13-22-20(25)21(11-4-3-5-12-21)17-6-8-18(9-7-17)23-19(24)16-10-14-26-15-16/h2,6-10,14-15H,1,3-5,11-13H2,(H,22,25)(H,23,24). The second-order valence-electron chi connectivity index (χ2n) is 6.68. The predicted octanol–water partition coefficient (Wildman–Crippen LogP) is 4.04. The highest BCUT2D eigenvalue weighted by Crippen LogP contribution is 2.40. The van der Waals surface area contributed by atoms with Crippen LogP contribution in [0.5, 0.6) is 0 Å². The molecule has 1 aromatic heterocycles. The van der Waals surface area contributed by atoms with E-state index in [4.69, 9.17) is 4.42 Å². The van der Waals surface area contributed by atoms with Gasteiger partial charge in [0.05, 0.1) is 17.2 Å². The summed E-state index contributed by atoms with van der Waals surface area (Å²) in [5.74, 6) is -0.158. The molecule has 5 heteroatoms. The molecule has 0 saturated heterocycles. The number of furan rings is 1. The van der Waals surface area contributed by atoms with Crippen LogP contribution < -0.4 is 10.6 Å². The lowest BCUT2D eigenvalue weighted by atomic mass is 9.68. The fourth-order valence-corrected chi connectivity index (χ4v) is 3.61. The number of amides is 2. The van der Waals surface area contributed by atoms with E-state index in [1.165, 1.54) is 12.5 Å². The van der Waals surface area contributed by atoms with E-state index in [2.05, 4.69) is 17.2 Å². The van der Waals surface area contributed by atoms with E-state index in [1.54, 1.807) is 12.1 Å². The van der Waals surface area contributed by atoms with Crippen molar-refractivity contribution < 1.29 is 14.0 Å². The maximum atomic E-state index is 12.9. The third kappa shape index (κ3) is 3.72. The van der Waals surface area contributed by atoms with Gasteiger partial charge in [0.15, 0.2) is 0 Å². The average molecular weight is 352 g/mol. The highest BCUT2D eigenvalue weighted by atomic mass is 16.3. The Hall–Kier alpha value is -2.82. The number of carbonyl (C=O) groups is 2. The van der Waals surface area contributed by atoms with Crippen molar-refractivity contribution in [2.75, 3.05) is 11.9 Å². The van der Waals surface area contributed by atoms with Crippen LogP contribution in [0.2, 0.25) is 0 Å². The van der Waals surface area contributed by atoms with Gasteiger partial charge in [0.1, 0.15) is 6.26 Å². The minimum absolute atomic E-state index is 0.0623. The normalized spacial score (nSPS) is 15.8. The molecule has 26 heavy (non-hydrogen) atoms. The number of rotatable bonds is 6. The van der Waals surface area contributed by atoms with Gasteiger partial charge in [0.2, 0.25) is 5.91 Å². The summed E-state index contributed by atoms with van der Waals surface area (Å²) in [5, 5.41) is 5.81. The van der Waals surface area contributed by atoms with Crippen molar-refractivity contribution in [3.8, 4) is 0 Å². The maximum Gasteiger partial charge on any atom is 0.258 e. The van der Waals surface area contributed by atoms with Gasteiger partial charge in [-0.2, -0.15) is 0 Å². The number of hydrogen-bond acceptors (Lipinski definition) is 3. The number of carbonyl (C=O) groups excluding carboxylic acids is 2. The predicted molar refractivity (Wildman–Crippen MR) is 101 cm³/mol. The summed E-state index contributed by atoms with van der Waals surface area (Å²) < 4.78 is 4.93. The van der Waals surface area contributed by atoms with Gasteiger partial charge in [-0.15, -0.1) is 6.58 Å². The fraction of sp³-hybridized carbons (Fsp3) is 0.333. The SMILES string of the molecule is C=CCNC(=O)C1(c2ccc(NC(=O)c3ccoc3)cc2)CCCCC1. The number of nitrogens with one attached hydrogen (secondary N) is 2. The van der Waals surface area contributed by atoms with Gasteiger partial charge < -0.3 is 15.1 Å². The molecule has 0 atom stereocenters. The van der Waals surface area contributed by atoms with Crippen molar-refractivity contribution in [1.82, 2.24) is 5.32 Å². The van der Waals surface area contributed by atoms with Crippen LogP contribution in [0.4, 0.5) is 5.69 Å². The zero-order chi connectivity index (χ0) is 18.4. The minimum Gasteiger partial charge on any atom is -0.472 e. The molecule has 1 aliphatic rings. The summed E-state index contributed by atoms with van der Waals surface area (Å²) in [7, 11) is 0. The Kier molecular flexibility index (Phi) is 5.56. The lowest BCUT2D eigenvalue weighted by molar-refractivity contribution is -0.127. The minimum atomic E-state index is -0.492. The first-order chi connectivity index (χ1) is 12.7. The van der Waals surface area contributed by atoms with E-state index in [0.29, 0.717) is 17.8 Å². The van der Waals surface area contributed by atoms with Crippen LogP contribution in [0.3, 0.4) is 0 Å². The van der Waals surface area contributed by atoms with Crippen LogP contribution in [-0.2, 0) is 10.2 Å². The van der Waals surface area contributed by atoms with Gasteiger partial charge in [-0.3, -0.25) is 9.59 Å². The second-order valence-corrected chi connectivity index (χ2v) is 6.68. The zero-order valence-electron chi connectivity index (χ0n) is 14.8. The lowest BCUT2D eigenvalue weighted by Gasteiger charge is -2.36. The van der Waals surface area contributed by atoms with Gasteiger partial charge in [0.25, 0.3) is 5.91 Å². The molecule has 1 heterocycles. The summed E-state index contributed by atoms with van der Waals surface area (Å²) in [5.41, 5.74) is 1.67. The Balaban J connectivity index is 1.78. The Bertz CT molecular complexity index is 757. The molecule has 1 fully saturated rings. The number of benzene rings is 1. The lowest BCUT2D eigenvalue weighted by Crippen LogP contribution is -2.45. The summed E-state index contributed by atoms with van der Waals surface area (Å²) in [4.78, 5) is 25.0. The average Bonchev–Trinajstić information content (AvgIpc) is 3.22. The van der Waals surface area contributed by atoms with Crippen molar-refractivity contribution in [3.63, 3.8) is 0 Å². The molecule has 2 aromatic rings. The summed E-state index contributed by atoms with van der Waals surface area (Å²) in [6, 6.07) is 9.22. The van der Waals surface area contributed by atoms with Crippen LogP contribution >= 0.6 is 0 Å². The molecule has 0 aliphatic heterocycles. The van der Waals surface area contributed by atoms with Crippen molar-refractivity contribution in [2.24, 2.45) is 0 Å². The van der Waals surface area contributed by atoms with Crippen molar-refractivity contribution in [2.45, 2.75) is 37.5 Å². The molecule has 0 spiro atoms. The van der Waals surface area contributed by atoms with Gasteiger partial charge >= 0.3 is 0 Å². The van der Waals surface area contributed by atoms with Gasteiger partial charge in [-0.1, -0.05) is 37.5 Å². The summed E-state index contributed by atoms with van der Waals surface area (Å²) >= 11 is 0. The first-order valence-corrected chi connectivity index (χ1v) is 8.99. The number of hydrogen-bond donors (Lipinski definition) is 2. The third-order valence-electron chi connectivity index (χ3n) is 5.03. The molecular formula is C21H24N2O3. The molecule has 1 aromatic carbocycles. The monoisotopic (exact) mass is 352 g/mol. The van der Waals surface area contributed by atoms with E-state index in [-0.39, 0.29) is 11.8 Å². The molecule has 1 saturated carbocycles. The van der Waals surface area contributed by atoms with E-state index in [1.807, 2.05) is 24.3 Å². The topological polar surface area (TPSA) is 71.3 Å². The molecule has 2 amide bonds. The fourth-order valence-electron chi connectivity index (χ4n) is 3.61.